The fraction of sp³-hybridized carbons (Fsp3) is 0.571. The second-order valence-corrected chi connectivity index (χ2v) is 5.41. The van der Waals surface area contributed by atoms with Crippen LogP contribution in [0.25, 0.3) is 0 Å². The lowest BCUT2D eigenvalue weighted by molar-refractivity contribution is 0.0783. The molecule has 1 aromatic heterocycles. The summed E-state index contributed by atoms with van der Waals surface area (Å²) in [6.07, 6.45) is 2.71. The monoisotopic (exact) mass is 248 g/mol. The largest absolute Gasteiger partial charge is 0.338 e. The van der Waals surface area contributed by atoms with Gasteiger partial charge >= 0.3 is 0 Å². The molecule has 0 spiro atoms. The number of aromatic nitrogens is 1. The minimum Gasteiger partial charge on any atom is -0.338 e. The van der Waals surface area contributed by atoms with Gasteiger partial charge in [-0.3, -0.25) is 9.59 Å². The molecule has 98 valence electrons. The Balaban J connectivity index is 2.13. The number of hydrogen-bond acceptors (Lipinski definition) is 2. The number of carbonyl (C=O) groups is 1. The van der Waals surface area contributed by atoms with Crippen molar-refractivity contribution in [3.8, 4) is 0 Å². The minimum absolute atomic E-state index is 0.0177. The van der Waals surface area contributed by atoms with Crippen molar-refractivity contribution in [2.75, 3.05) is 13.1 Å². The van der Waals surface area contributed by atoms with Crippen LogP contribution in [0.2, 0.25) is 0 Å². The molecule has 1 aliphatic heterocycles. The number of aryl methyl sites for hydroxylation is 1. The summed E-state index contributed by atoms with van der Waals surface area (Å²) in [4.78, 5) is 25.6. The minimum atomic E-state index is -0.138. The number of amides is 1. The van der Waals surface area contributed by atoms with Crippen LogP contribution in [0.3, 0.4) is 0 Å². The van der Waals surface area contributed by atoms with Crippen molar-refractivity contribution < 1.29 is 4.79 Å². The first-order valence-electron chi connectivity index (χ1n) is 6.45. The number of likely N-dealkylation sites (tertiary alicyclic amines) is 1. The third kappa shape index (κ3) is 2.47. The Morgan fingerprint density at radius 3 is 2.72 bits per heavy atom. The maximum Gasteiger partial charge on any atom is 0.254 e. The van der Waals surface area contributed by atoms with Crippen molar-refractivity contribution in [1.82, 2.24) is 9.47 Å². The van der Waals surface area contributed by atoms with E-state index in [9.17, 15) is 9.59 Å². The van der Waals surface area contributed by atoms with E-state index in [2.05, 4.69) is 13.8 Å². The normalized spacial score (nSPS) is 19.6. The Bertz CT molecular complexity index is 505. The fourth-order valence-corrected chi connectivity index (χ4v) is 2.38. The molecule has 1 amide bonds. The number of rotatable bonds is 2. The van der Waals surface area contributed by atoms with Crippen molar-refractivity contribution in [3.63, 3.8) is 0 Å². The van der Waals surface area contributed by atoms with Crippen molar-refractivity contribution >= 4 is 5.91 Å². The molecule has 1 unspecified atom stereocenters. The fourth-order valence-electron chi connectivity index (χ4n) is 2.38. The zero-order valence-electron chi connectivity index (χ0n) is 11.2. The van der Waals surface area contributed by atoms with E-state index in [1.54, 1.807) is 19.3 Å². The molecule has 1 fully saturated rings. The first-order valence-corrected chi connectivity index (χ1v) is 6.45. The van der Waals surface area contributed by atoms with Gasteiger partial charge in [-0.05, 0) is 24.3 Å². The highest BCUT2D eigenvalue weighted by Gasteiger charge is 2.28. The van der Waals surface area contributed by atoms with Crippen LogP contribution < -0.4 is 5.56 Å². The zero-order chi connectivity index (χ0) is 13.3. The van der Waals surface area contributed by atoms with Crippen LogP contribution in [0.4, 0.5) is 0 Å². The standard InChI is InChI=1S/C14H20N2O2/c1-10(2)12-5-7-16(9-12)14(18)11-4-6-15(3)13(17)8-11/h4,6,8,10,12H,5,7,9H2,1-3H3. The van der Waals surface area contributed by atoms with Gasteiger partial charge in [0.2, 0.25) is 0 Å². The number of hydrogen-bond donors (Lipinski definition) is 0. The quantitative estimate of drug-likeness (QED) is 0.796. The summed E-state index contributed by atoms with van der Waals surface area (Å²) in [7, 11) is 1.68. The second kappa shape index (κ2) is 4.96. The summed E-state index contributed by atoms with van der Waals surface area (Å²) in [6, 6.07) is 3.14. The molecule has 0 aliphatic carbocycles. The van der Waals surface area contributed by atoms with E-state index in [1.165, 1.54) is 10.6 Å². The molecule has 18 heavy (non-hydrogen) atoms. The summed E-state index contributed by atoms with van der Waals surface area (Å²) in [5.41, 5.74) is 0.364. The zero-order valence-corrected chi connectivity index (χ0v) is 11.2. The average molecular weight is 248 g/mol. The van der Waals surface area contributed by atoms with Crippen molar-refractivity contribution in [2.45, 2.75) is 20.3 Å². The Labute approximate surface area is 107 Å². The van der Waals surface area contributed by atoms with Crippen LogP contribution in [0, 0.1) is 11.8 Å². The van der Waals surface area contributed by atoms with E-state index < -0.39 is 0 Å². The molecule has 1 aliphatic rings. The molecule has 1 aromatic rings. The van der Waals surface area contributed by atoms with Crippen molar-refractivity contribution in [3.05, 3.63) is 34.2 Å². The van der Waals surface area contributed by atoms with Crippen LogP contribution in [-0.4, -0.2) is 28.5 Å². The van der Waals surface area contributed by atoms with Gasteiger partial charge in [0.05, 0.1) is 0 Å². The maximum atomic E-state index is 12.3. The summed E-state index contributed by atoms with van der Waals surface area (Å²) in [5.74, 6) is 1.17. The van der Waals surface area contributed by atoms with Gasteiger partial charge in [-0.1, -0.05) is 13.8 Å². The van der Waals surface area contributed by atoms with Gasteiger partial charge < -0.3 is 9.47 Å². The van der Waals surface area contributed by atoms with Gasteiger partial charge in [-0.15, -0.1) is 0 Å². The van der Waals surface area contributed by atoms with Gasteiger partial charge in [-0.25, -0.2) is 0 Å². The van der Waals surface area contributed by atoms with Crippen molar-refractivity contribution in [1.29, 1.82) is 0 Å². The van der Waals surface area contributed by atoms with Gasteiger partial charge in [0, 0.05) is 38.0 Å². The van der Waals surface area contributed by atoms with E-state index in [0.717, 1.165) is 19.5 Å². The Morgan fingerprint density at radius 2 is 2.17 bits per heavy atom. The highest BCUT2D eigenvalue weighted by Crippen LogP contribution is 2.24. The highest BCUT2D eigenvalue weighted by atomic mass is 16.2. The molecule has 0 aromatic carbocycles. The SMILES string of the molecule is CC(C)C1CCN(C(=O)c2ccn(C)c(=O)c2)C1. The van der Waals surface area contributed by atoms with Gasteiger partial charge in [0.1, 0.15) is 0 Å². The number of carbonyl (C=O) groups excluding carboxylic acids is 1. The summed E-state index contributed by atoms with van der Waals surface area (Å²) in [6.45, 7) is 6.00. The molecule has 0 radical (unpaired) electrons. The topological polar surface area (TPSA) is 42.3 Å². The summed E-state index contributed by atoms with van der Waals surface area (Å²) in [5, 5.41) is 0. The molecule has 0 N–H and O–H groups in total. The molecule has 4 nitrogen and oxygen atoms in total. The highest BCUT2D eigenvalue weighted by molar-refractivity contribution is 5.94. The van der Waals surface area contributed by atoms with E-state index in [1.807, 2.05) is 4.90 Å². The lowest BCUT2D eigenvalue weighted by atomic mass is 9.95. The molecule has 2 heterocycles. The molecule has 1 saturated heterocycles. The predicted octanol–water partition coefficient (Wildman–Crippen LogP) is 1.50. The predicted molar refractivity (Wildman–Crippen MR) is 70.5 cm³/mol. The van der Waals surface area contributed by atoms with Crippen LogP contribution in [0.15, 0.2) is 23.1 Å². The third-order valence-corrected chi connectivity index (χ3v) is 3.81. The number of pyridine rings is 1. The lowest BCUT2D eigenvalue weighted by Gasteiger charge is -2.18. The van der Waals surface area contributed by atoms with E-state index in [0.29, 0.717) is 17.4 Å². The van der Waals surface area contributed by atoms with Crippen LogP contribution in [0.5, 0.6) is 0 Å². The second-order valence-electron chi connectivity index (χ2n) is 5.41. The summed E-state index contributed by atoms with van der Waals surface area (Å²) >= 11 is 0. The van der Waals surface area contributed by atoms with Crippen molar-refractivity contribution in [2.24, 2.45) is 18.9 Å². The van der Waals surface area contributed by atoms with E-state index in [-0.39, 0.29) is 11.5 Å². The Hall–Kier alpha value is -1.58. The van der Waals surface area contributed by atoms with Gasteiger partial charge in [0.25, 0.3) is 11.5 Å². The smallest absolute Gasteiger partial charge is 0.254 e. The Morgan fingerprint density at radius 1 is 1.44 bits per heavy atom. The molecular formula is C14H20N2O2. The molecule has 2 rings (SSSR count). The summed E-state index contributed by atoms with van der Waals surface area (Å²) < 4.78 is 1.47. The van der Waals surface area contributed by atoms with Crippen LogP contribution in [0.1, 0.15) is 30.6 Å². The maximum absolute atomic E-state index is 12.3. The van der Waals surface area contributed by atoms with Crippen LogP contribution >= 0.6 is 0 Å². The molecule has 4 heteroatoms. The van der Waals surface area contributed by atoms with Gasteiger partial charge in [0.15, 0.2) is 0 Å². The molecule has 1 atom stereocenters. The molecule has 0 bridgehead atoms. The first kappa shape index (κ1) is 12.9. The Kier molecular flexibility index (Phi) is 3.55. The average Bonchev–Trinajstić information content (AvgIpc) is 2.81. The third-order valence-electron chi connectivity index (χ3n) is 3.81. The first-order chi connectivity index (χ1) is 8.49. The lowest BCUT2D eigenvalue weighted by Crippen LogP contribution is -2.30. The molecule has 0 saturated carbocycles. The number of nitrogens with zero attached hydrogens (tertiary/aromatic N) is 2. The van der Waals surface area contributed by atoms with E-state index in [4.69, 9.17) is 0 Å². The van der Waals surface area contributed by atoms with Gasteiger partial charge in [-0.2, -0.15) is 0 Å². The van der Waals surface area contributed by atoms with Crippen LogP contribution in [-0.2, 0) is 7.05 Å². The molecular weight excluding hydrogens is 228 g/mol. The van der Waals surface area contributed by atoms with E-state index >= 15 is 0 Å².